The maximum atomic E-state index is 12.7. The molecule has 33 heavy (non-hydrogen) atoms. The predicted molar refractivity (Wildman–Crippen MR) is 110 cm³/mol. The monoisotopic (exact) mass is 469 g/mol. The number of nitrogens with zero attached hydrogens (tertiary/aromatic N) is 1. The summed E-state index contributed by atoms with van der Waals surface area (Å²) in [6.45, 7) is 1.18. The summed E-state index contributed by atoms with van der Waals surface area (Å²) in [5, 5.41) is 24.6. The first-order valence-corrected chi connectivity index (χ1v) is 9.77. The van der Waals surface area contributed by atoms with E-state index < -0.39 is 66.2 Å². The molecule has 0 saturated carbocycles. The van der Waals surface area contributed by atoms with Gasteiger partial charge in [-0.25, -0.2) is 4.98 Å². The molecule has 4 atom stereocenters. The van der Waals surface area contributed by atoms with Gasteiger partial charge in [0.05, 0.1) is 18.8 Å². The number of aliphatic carboxylic acids is 2. The van der Waals surface area contributed by atoms with Gasteiger partial charge in [0.15, 0.2) is 0 Å². The molecule has 0 aliphatic carbocycles. The Morgan fingerprint density at radius 2 is 1.64 bits per heavy atom. The molecule has 1 aromatic heterocycles. The van der Waals surface area contributed by atoms with Crippen LogP contribution in [0.15, 0.2) is 12.5 Å². The lowest BCUT2D eigenvalue weighted by atomic mass is 10.1. The number of carbonyl (C=O) groups is 6. The zero-order valence-electron chi connectivity index (χ0n) is 17.7. The predicted octanol–water partition coefficient (Wildman–Crippen LogP) is -3.42. The normalized spacial score (nSPS) is 14.2. The summed E-state index contributed by atoms with van der Waals surface area (Å²) in [6.07, 6.45) is 1.41. The Hall–Kier alpha value is -4.01. The van der Waals surface area contributed by atoms with Crippen LogP contribution in [0.5, 0.6) is 0 Å². The van der Waals surface area contributed by atoms with E-state index >= 15 is 0 Å². The van der Waals surface area contributed by atoms with Crippen LogP contribution < -0.4 is 27.4 Å². The average molecular weight is 469 g/mol. The van der Waals surface area contributed by atoms with Gasteiger partial charge in [-0.05, 0) is 13.3 Å². The molecule has 0 fully saturated rings. The fraction of sp³-hybridized carbons (Fsp3) is 0.500. The Morgan fingerprint density at radius 1 is 1.03 bits per heavy atom. The quantitative estimate of drug-likeness (QED) is 0.134. The smallest absolute Gasteiger partial charge is 0.325 e. The van der Waals surface area contributed by atoms with Crippen molar-refractivity contribution < 1.29 is 39.0 Å². The Balaban J connectivity index is 2.91. The second-order valence-electron chi connectivity index (χ2n) is 7.18. The topological polar surface area (TPSA) is 260 Å². The molecule has 0 aliphatic heterocycles. The Labute approximate surface area is 187 Å². The van der Waals surface area contributed by atoms with Crippen molar-refractivity contribution in [2.45, 2.75) is 56.8 Å². The van der Waals surface area contributed by atoms with Crippen LogP contribution in [0.3, 0.4) is 0 Å². The molecule has 1 rings (SSSR count). The molecule has 0 bridgehead atoms. The van der Waals surface area contributed by atoms with Gasteiger partial charge in [0.2, 0.25) is 23.6 Å². The highest BCUT2D eigenvalue weighted by Gasteiger charge is 2.31. The number of aromatic nitrogens is 2. The van der Waals surface area contributed by atoms with Crippen molar-refractivity contribution >= 4 is 35.6 Å². The highest BCUT2D eigenvalue weighted by Crippen LogP contribution is 2.03. The van der Waals surface area contributed by atoms with Crippen LogP contribution in [0, 0.1) is 0 Å². The number of hydrogen-bond donors (Lipinski definition) is 8. The number of H-pyrrole nitrogens is 1. The highest BCUT2D eigenvalue weighted by molar-refractivity contribution is 5.95. The van der Waals surface area contributed by atoms with Gasteiger partial charge in [0.1, 0.15) is 18.1 Å². The molecule has 15 heteroatoms. The number of rotatable bonds is 14. The standard InChI is InChI=1S/C18H27N7O8/c1-8(18(32)33)23-16(30)11(2-3-13(20)26)24-17(31)12(5-14(27)28)25-15(29)10(19)4-9-6-21-7-22-9/h6-8,10-12H,2-5,19H2,1H3,(H2,20,26)(H,21,22)(H,23,30)(H,24,31)(H,25,29)(H,27,28)(H,32,33). The first-order valence-electron chi connectivity index (χ1n) is 9.77. The van der Waals surface area contributed by atoms with Gasteiger partial charge >= 0.3 is 11.9 Å². The van der Waals surface area contributed by atoms with Crippen molar-refractivity contribution in [3.8, 4) is 0 Å². The lowest BCUT2D eigenvalue weighted by molar-refractivity contribution is -0.143. The summed E-state index contributed by atoms with van der Waals surface area (Å²) in [7, 11) is 0. The summed E-state index contributed by atoms with van der Waals surface area (Å²) < 4.78 is 0. The van der Waals surface area contributed by atoms with E-state index in [9.17, 15) is 28.8 Å². The first-order chi connectivity index (χ1) is 15.4. The fourth-order valence-electron chi connectivity index (χ4n) is 2.59. The molecule has 10 N–H and O–H groups in total. The van der Waals surface area contributed by atoms with Gasteiger partial charge in [0, 0.05) is 24.7 Å². The molecule has 0 aliphatic rings. The van der Waals surface area contributed by atoms with Crippen LogP contribution in [0.4, 0.5) is 0 Å². The van der Waals surface area contributed by atoms with E-state index in [0.29, 0.717) is 5.69 Å². The molecule has 0 saturated heterocycles. The van der Waals surface area contributed by atoms with E-state index in [4.69, 9.17) is 21.7 Å². The van der Waals surface area contributed by atoms with Crippen molar-refractivity contribution in [2.75, 3.05) is 0 Å². The van der Waals surface area contributed by atoms with E-state index in [-0.39, 0.29) is 19.3 Å². The number of hydrogen-bond acceptors (Lipinski definition) is 8. The van der Waals surface area contributed by atoms with Crippen LogP contribution in [0.1, 0.15) is 31.9 Å². The van der Waals surface area contributed by atoms with Crippen LogP contribution in [-0.4, -0.2) is 79.9 Å². The largest absolute Gasteiger partial charge is 0.481 e. The third-order valence-electron chi connectivity index (χ3n) is 4.38. The first kappa shape index (κ1) is 27.0. The fourth-order valence-corrected chi connectivity index (χ4v) is 2.59. The molecule has 4 unspecified atom stereocenters. The van der Waals surface area contributed by atoms with Gasteiger partial charge in [-0.15, -0.1) is 0 Å². The summed E-state index contributed by atoms with van der Waals surface area (Å²) in [6, 6.07) is -5.47. The minimum absolute atomic E-state index is 0.0317. The number of carboxylic acids is 2. The number of carbonyl (C=O) groups excluding carboxylic acids is 4. The van der Waals surface area contributed by atoms with Gasteiger partial charge < -0.3 is 42.6 Å². The Morgan fingerprint density at radius 3 is 2.15 bits per heavy atom. The van der Waals surface area contributed by atoms with E-state index in [2.05, 4.69) is 25.9 Å². The van der Waals surface area contributed by atoms with E-state index in [0.717, 1.165) is 0 Å². The Kier molecular flexibility index (Phi) is 10.4. The molecule has 4 amide bonds. The third-order valence-corrected chi connectivity index (χ3v) is 4.38. The minimum atomic E-state index is -1.61. The number of nitrogens with one attached hydrogen (secondary N) is 4. The number of primary amides is 1. The van der Waals surface area contributed by atoms with Gasteiger partial charge in [-0.2, -0.15) is 0 Å². The number of nitrogens with two attached hydrogens (primary N) is 2. The maximum Gasteiger partial charge on any atom is 0.325 e. The summed E-state index contributed by atoms with van der Waals surface area (Å²) >= 11 is 0. The number of amides is 4. The molecular weight excluding hydrogens is 442 g/mol. The van der Waals surface area contributed by atoms with E-state index in [1.165, 1.54) is 19.4 Å². The molecule has 1 heterocycles. The summed E-state index contributed by atoms with van der Waals surface area (Å²) in [4.78, 5) is 77.2. The highest BCUT2D eigenvalue weighted by atomic mass is 16.4. The zero-order chi connectivity index (χ0) is 25.1. The van der Waals surface area contributed by atoms with Gasteiger partial charge in [0.25, 0.3) is 0 Å². The zero-order valence-corrected chi connectivity index (χ0v) is 17.7. The van der Waals surface area contributed by atoms with Gasteiger partial charge in [-0.1, -0.05) is 0 Å². The van der Waals surface area contributed by atoms with Crippen molar-refractivity contribution in [3.63, 3.8) is 0 Å². The molecular formula is C18H27N7O8. The second kappa shape index (κ2) is 12.7. The summed E-state index contributed by atoms with van der Waals surface area (Å²) in [5.74, 6) is -6.36. The minimum Gasteiger partial charge on any atom is -0.481 e. The lowest BCUT2D eigenvalue weighted by Crippen LogP contribution is -2.57. The van der Waals surface area contributed by atoms with Crippen LogP contribution >= 0.6 is 0 Å². The van der Waals surface area contributed by atoms with Crippen molar-refractivity contribution in [1.82, 2.24) is 25.9 Å². The van der Waals surface area contributed by atoms with Crippen molar-refractivity contribution in [1.29, 1.82) is 0 Å². The maximum absolute atomic E-state index is 12.7. The number of imidazole rings is 1. The molecule has 0 aromatic carbocycles. The van der Waals surface area contributed by atoms with Crippen LogP contribution in [0.25, 0.3) is 0 Å². The second-order valence-corrected chi connectivity index (χ2v) is 7.18. The number of carboxylic acid groups (broad SMARTS) is 2. The molecule has 1 aromatic rings. The summed E-state index contributed by atoms with van der Waals surface area (Å²) in [5.41, 5.74) is 11.4. The molecule has 0 radical (unpaired) electrons. The third kappa shape index (κ3) is 9.77. The number of aromatic amines is 1. The van der Waals surface area contributed by atoms with Crippen LogP contribution in [-0.2, 0) is 35.2 Å². The molecule has 0 spiro atoms. The Bertz CT molecular complexity index is 873. The van der Waals surface area contributed by atoms with Crippen molar-refractivity contribution in [3.05, 3.63) is 18.2 Å². The lowest BCUT2D eigenvalue weighted by Gasteiger charge is -2.24. The average Bonchev–Trinajstić information content (AvgIpc) is 3.22. The van der Waals surface area contributed by atoms with E-state index in [1.807, 2.05) is 0 Å². The van der Waals surface area contributed by atoms with Crippen LogP contribution in [0.2, 0.25) is 0 Å². The SMILES string of the molecule is CC(NC(=O)C(CCC(N)=O)NC(=O)C(CC(=O)O)NC(=O)C(N)Cc1cnc[nH]1)C(=O)O. The van der Waals surface area contributed by atoms with Crippen molar-refractivity contribution in [2.24, 2.45) is 11.5 Å². The molecule has 15 nitrogen and oxygen atoms in total. The van der Waals surface area contributed by atoms with E-state index in [1.54, 1.807) is 0 Å². The molecule has 182 valence electrons. The van der Waals surface area contributed by atoms with Gasteiger partial charge in [-0.3, -0.25) is 28.8 Å².